The molecule has 136 valence electrons. The Morgan fingerprint density at radius 1 is 1.20 bits per heavy atom. The lowest BCUT2D eigenvalue weighted by molar-refractivity contribution is -0.130. The molecule has 2 N–H and O–H groups in total. The fraction of sp³-hybridized carbons (Fsp3) is 0.619. The molecule has 2 aliphatic rings. The zero-order valence-corrected chi connectivity index (χ0v) is 15.9. The summed E-state index contributed by atoms with van der Waals surface area (Å²) in [5.41, 5.74) is 1.99. The Labute approximate surface area is 150 Å². The van der Waals surface area contributed by atoms with Gasteiger partial charge in [-0.25, -0.2) is 0 Å². The highest BCUT2D eigenvalue weighted by molar-refractivity contribution is 6.06. The first-order valence-corrected chi connectivity index (χ1v) is 9.42. The van der Waals surface area contributed by atoms with E-state index in [1.54, 1.807) is 0 Å². The Morgan fingerprint density at radius 3 is 2.44 bits per heavy atom. The fourth-order valence-corrected chi connectivity index (χ4v) is 4.92. The van der Waals surface area contributed by atoms with E-state index in [-0.39, 0.29) is 16.7 Å². The van der Waals surface area contributed by atoms with Crippen molar-refractivity contribution in [1.82, 2.24) is 0 Å². The molecule has 1 amide bonds. The van der Waals surface area contributed by atoms with Crippen LogP contribution >= 0.6 is 0 Å². The number of fused-ring (bicyclic) bond motifs is 2. The van der Waals surface area contributed by atoms with Crippen molar-refractivity contribution in [1.29, 1.82) is 0 Å². The molecule has 2 fully saturated rings. The Kier molecular flexibility index (Phi) is 4.42. The Morgan fingerprint density at radius 2 is 1.88 bits per heavy atom. The summed E-state index contributed by atoms with van der Waals surface area (Å²) in [7, 11) is 0. The largest absolute Gasteiger partial charge is 0.411 e. The molecule has 25 heavy (non-hydrogen) atoms. The van der Waals surface area contributed by atoms with Gasteiger partial charge in [0, 0.05) is 17.5 Å². The highest BCUT2D eigenvalue weighted by Gasteiger charge is 2.71. The van der Waals surface area contributed by atoms with Crippen LogP contribution in [0.2, 0.25) is 0 Å². The summed E-state index contributed by atoms with van der Waals surface area (Å²) in [5.74, 6) is 0.0567. The van der Waals surface area contributed by atoms with Gasteiger partial charge in [-0.1, -0.05) is 51.4 Å². The van der Waals surface area contributed by atoms with Gasteiger partial charge in [-0.15, -0.1) is 0 Å². The maximum absolute atomic E-state index is 13.2. The van der Waals surface area contributed by atoms with E-state index >= 15 is 0 Å². The van der Waals surface area contributed by atoms with Crippen LogP contribution in [-0.2, 0) is 11.2 Å². The summed E-state index contributed by atoms with van der Waals surface area (Å²) in [6.45, 7) is 8.61. The van der Waals surface area contributed by atoms with E-state index in [0.717, 1.165) is 30.7 Å². The summed E-state index contributed by atoms with van der Waals surface area (Å²) in [4.78, 5) is 13.2. The fourth-order valence-electron chi connectivity index (χ4n) is 4.92. The monoisotopic (exact) mass is 342 g/mol. The van der Waals surface area contributed by atoms with Gasteiger partial charge in [0.1, 0.15) is 0 Å². The van der Waals surface area contributed by atoms with Crippen molar-refractivity contribution in [2.45, 2.75) is 66.2 Å². The lowest BCUT2D eigenvalue weighted by atomic mass is 9.64. The number of aryl methyl sites for hydroxylation is 1. The van der Waals surface area contributed by atoms with E-state index in [4.69, 9.17) is 0 Å². The minimum Gasteiger partial charge on any atom is -0.411 e. The molecule has 2 saturated carbocycles. The predicted octanol–water partition coefficient (Wildman–Crippen LogP) is 5.01. The molecule has 1 aromatic rings. The van der Waals surface area contributed by atoms with E-state index < -0.39 is 5.41 Å². The van der Waals surface area contributed by atoms with Crippen LogP contribution < -0.4 is 5.32 Å². The minimum atomic E-state index is -0.496. The Balaban J connectivity index is 1.79. The standard InChI is InChI=1S/C21H30N2O2/c1-5-6-7-15-8-10-16(11-9-15)22-18(24)21-13-12-20(4,19(21,2)3)17(14-21)23-25/h8-11,25H,5-7,12-14H2,1-4H3,(H,22,24). The molecule has 2 bridgehead atoms. The van der Waals surface area contributed by atoms with Crippen molar-refractivity contribution in [2.24, 2.45) is 21.4 Å². The number of rotatable bonds is 5. The lowest BCUT2D eigenvalue weighted by Crippen LogP contribution is -2.43. The van der Waals surface area contributed by atoms with Crippen LogP contribution in [0.15, 0.2) is 29.4 Å². The molecule has 0 spiro atoms. The van der Waals surface area contributed by atoms with Crippen molar-refractivity contribution in [3.05, 3.63) is 29.8 Å². The van der Waals surface area contributed by atoms with Crippen molar-refractivity contribution < 1.29 is 10.0 Å². The van der Waals surface area contributed by atoms with Gasteiger partial charge in [0.05, 0.1) is 11.1 Å². The van der Waals surface area contributed by atoms with Gasteiger partial charge in [0.25, 0.3) is 0 Å². The van der Waals surface area contributed by atoms with E-state index in [9.17, 15) is 10.0 Å². The number of nitrogens with zero attached hydrogens (tertiary/aromatic N) is 1. The molecule has 0 saturated heterocycles. The molecule has 0 radical (unpaired) electrons. The number of unbranched alkanes of at least 4 members (excludes halogenated alkanes) is 1. The zero-order valence-electron chi connectivity index (χ0n) is 15.9. The summed E-state index contributed by atoms with van der Waals surface area (Å²) < 4.78 is 0. The van der Waals surface area contributed by atoms with Crippen LogP contribution in [0, 0.1) is 16.2 Å². The maximum Gasteiger partial charge on any atom is 0.231 e. The quantitative estimate of drug-likeness (QED) is 0.583. The molecule has 4 nitrogen and oxygen atoms in total. The SMILES string of the molecule is CCCCc1ccc(NC(=O)C23CCC(C)(C(=NO)C2)C3(C)C)cc1. The lowest BCUT2D eigenvalue weighted by Gasteiger charge is -2.39. The van der Waals surface area contributed by atoms with E-state index in [1.807, 2.05) is 12.1 Å². The highest BCUT2D eigenvalue weighted by atomic mass is 16.4. The number of carbonyl (C=O) groups excluding carboxylic acids is 1. The molecule has 1 aromatic carbocycles. The topological polar surface area (TPSA) is 61.7 Å². The summed E-state index contributed by atoms with van der Waals surface area (Å²) in [5, 5.41) is 16.1. The van der Waals surface area contributed by atoms with Crippen LogP contribution in [0.25, 0.3) is 0 Å². The third-order valence-electron chi connectivity index (χ3n) is 7.32. The normalized spacial score (nSPS) is 31.4. The van der Waals surface area contributed by atoms with Crippen molar-refractivity contribution in [2.75, 3.05) is 5.32 Å². The number of amides is 1. The molecular weight excluding hydrogens is 312 g/mol. The Bertz CT molecular complexity index is 692. The maximum atomic E-state index is 13.2. The van der Waals surface area contributed by atoms with Crippen molar-refractivity contribution >= 4 is 17.3 Å². The van der Waals surface area contributed by atoms with E-state index in [2.05, 4.69) is 50.3 Å². The molecule has 4 heteroatoms. The number of hydrogen-bond donors (Lipinski definition) is 2. The third kappa shape index (κ3) is 2.49. The molecule has 0 aromatic heterocycles. The summed E-state index contributed by atoms with van der Waals surface area (Å²) in [6, 6.07) is 8.19. The van der Waals surface area contributed by atoms with Crippen LogP contribution in [0.3, 0.4) is 0 Å². The number of nitrogens with one attached hydrogen (secondary N) is 1. The number of hydrogen-bond acceptors (Lipinski definition) is 3. The van der Waals surface area contributed by atoms with Gasteiger partial charge in [-0.3, -0.25) is 4.79 Å². The van der Waals surface area contributed by atoms with Gasteiger partial charge < -0.3 is 10.5 Å². The van der Waals surface area contributed by atoms with E-state index in [0.29, 0.717) is 6.42 Å². The number of oxime groups is 1. The zero-order chi connectivity index (χ0) is 18.3. The first-order valence-electron chi connectivity index (χ1n) is 9.42. The van der Waals surface area contributed by atoms with Crippen LogP contribution in [0.4, 0.5) is 5.69 Å². The van der Waals surface area contributed by atoms with Crippen LogP contribution in [0.1, 0.15) is 65.4 Å². The Hall–Kier alpha value is -1.84. The van der Waals surface area contributed by atoms with Gasteiger partial charge in [-0.2, -0.15) is 0 Å². The summed E-state index contributed by atoms with van der Waals surface area (Å²) >= 11 is 0. The highest BCUT2D eigenvalue weighted by Crippen LogP contribution is 2.71. The number of anilines is 1. The van der Waals surface area contributed by atoms with Crippen molar-refractivity contribution in [3.63, 3.8) is 0 Å². The minimum absolute atomic E-state index is 0.0567. The number of benzene rings is 1. The van der Waals surface area contributed by atoms with Gasteiger partial charge in [-0.05, 0) is 48.8 Å². The second-order valence-electron chi connectivity index (χ2n) is 8.52. The average molecular weight is 342 g/mol. The molecule has 0 heterocycles. The number of carbonyl (C=O) groups is 1. The molecule has 2 aliphatic carbocycles. The predicted molar refractivity (Wildman–Crippen MR) is 101 cm³/mol. The second kappa shape index (κ2) is 6.15. The molecule has 2 atom stereocenters. The average Bonchev–Trinajstić information content (AvgIpc) is 2.91. The molecule has 3 rings (SSSR count). The second-order valence-corrected chi connectivity index (χ2v) is 8.52. The van der Waals surface area contributed by atoms with Crippen LogP contribution in [-0.4, -0.2) is 16.8 Å². The molecular formula is C21H30N2O2. The van der Waals surface area contributed by atoms with Gasteiger partial charge >= 0.3 is 0 Å². The van der Waals surface area contributed by atoms with Crippen LogP contribution in [0.5, 0.6) is 0 Å². The van der Waals surface area contributed by atoms with Crippen molar-refractivity contribution in [3.8, 4) is 0 Å². The first-order chi connectivity index (χ1) is 11.8. The van der Waals surface area contributed by atoms with Gasteiger partial charge in [0.15, 0.2) is 0 Å². The van der Waals surface area contributed by atoms with Gasteiger partial charge in [0.2, 0.25) is 5.91 Å². The summed E-state index contributed by atoms with van der Waals surface area (Å²) in [6.07, 6.45) is 5.73. The molecule has 2 unspecified atom stereocenters. The molecule has 0 aliphatic heterocycles. The third-order valence-corrected chi connectivity index (χ3v) is 7.32. The smallest absolute Gasteiger partial charge is 0.231 e. The first kappa shape index (κ1) is 18.0. The van der Waals surface area contributed by atoms with E-state index in [1.165, 1.54) is 18.4 Å².